The van der Waals surface area contributed by atoms with E-state index in [-0.39, 0.29) is 13.0 Å². The second kappa shape index (κ2) is 17.2. The Kier molecular flexibility index (Phi) is 15.2. The first-order valence-corrected chi connectivity index (χ1v) is 15.9. The quantitative estimate of drug-likeness (QED) is 0.120. The molecule has 1 saturated carbocycles. The van der Waals surface area contributed by atoms with Crippen molar-refractivity contribution in [2.45, 2.75) is 142 Å². The van der Waals surface area contributed by atoms with Crippen molar-refractivity contribution >= 4 is 35.8 Å². The summed E-state index contributed by atoms with van der Waals surface area (Å²) in [7, 11) is 0. The molecular formula is C31H53F2N5O10. The molecule has 0 aliphatic heterocycles. The van der Waals surface area contributed by atoms with Crippen molar-refractivity contribution in [3.63, 3.8) is 0 Å². The molecule has 0 aromatic carbocycles. The normalized spacial score (nSPS) is 21.4. The topological polar surface area (TPSA) is 224 Å². The van der Waals surface area contributed by atoms with Gasteiger partial charge in [0.2, 0.25) is 24.1 Å². The fourth-order valence-corrected chi connectivity index (χ4v) is 4.51. The van der Waals surface area contributed by atoms with E-state index in [1.165, 1.54) is 13.8 Å². The van der Waals surface area contributed by atoms with Gasteiger partial charge in [0, 0.05) is 6.42 Å². The Balaban J connectivity index is 3.19. The van der Waals surface area contributed by atoms with E-state index < -0.39 is 107 Å². The Hall–Kier alpha value is -3.60. The highest BCUT2D eigenvalue weighted by Crippen LogP contribution is 2.47. The van der Waals surface area contributed by atoms with Gasteiger partial charge in [0.05, 0.1) is 18.2 Å². The number of carbonyl (C=O) groups is 6. The van der Waals surface area contributed by atoms with Crippen molar-refractivity contribution in [3.05, 3.63) is 0 Å². The average molecular weight is 694 g/mol. The highest BCUT2D eigenvalue weighted by molar-refractivity contribution is 5.98. The lowest BCUT2D eigenvalue weighted by atomic mass is 9.98. The number of aliphatic carboxylic acids is 1. The minimum Gasteiger partial charge on any atom is -0.480 e. The number of amides is 4. The standard InChI is InChI=1S/C31H53F2N5O10/c1-11-15(2)21(37-27(44)31(38-23(39)16(3)34)13-18(31)12-20(32)33)26(43)47-17(4)22(25(41)42)36-24(40)19(14-46-29(5,6)7)35-28(45)48-30(8,9)10/h15-22H,11-14,34H2,1-10H3,(H,35,45)(H,36,40)(H,37,44)(H,38,39)(H,41,42)/t15-,16-,17-,18+,19-,21-,22+,31+/m0/s1. The third-order valence-electron chi connectivity index (χ3n) is 7.51. The highest BCUT2D eigenvalue weighted by atomic mass is 19.3. The number of alkyl halides is 2. The first kappa shape index (κ1) is 42.4. The zero-order valence-electron chi connectivity index (χ0n) is 29.4. The van der Waals surface area contributed by atoms with Crippen molar-refractivity contribution < 1.29 is 56.9 Å². The number of esters is 1. The number of halogens is 2. The molecule has 0 radical (unpaired) electrons. The van der Waals surface area contributed by atoms with Crippen LogP contribution < -0.4 is 27.0 Å². The van der Waals surface area contributed by atoms with Crippen LogP contribution in [-0.2, 0) is 38.2 Å². The minimum atomic E-state index is -2.75. The highest BCUT2D eigenvalue weighted by Gasteiger charge is 2.62. The fraction of sp³-hybridized carbons (Fsp3) is 0.806. The lowest BCUT2D eigenvalue weighted by molar-refractivity contribution is -0.160. The molecule has 0 bridgehead atoms. The number of carboxylic acid groups (broad SMARTS) is 1. The molecule has 1 aliphatic carbocycles. The number of hydrogen-bond acceptors (Lipinski definition) is 10. The number of carboxylic acids is 1. The molecule has 0 spiro atoms. The van der Waals surface area contributed by atoms with Crippen LogP contribution in [0.4, 0.5) is 13.6 Å². The number of nitrogens with two attached hydrogens (primary N) is 1. The summed E-state index contributed by atoms with van der Waals surface area (Å²) in [5, 5.41) is 19.5. The number of nitrogens with one attached hydrogen (secondary N) is 4. The number of rotatable bonds is 17. The molecular weight excluding hydrogens is 640 g/mol. The monoisotopic (exact) mass is 693 g/mol. The second-order valence-corrected chi connectivity index (χ2v) is 14.2. The number of alkyl carbamates (subject to hydrolysis) is 1. The predicted molar refractivity (Wildman–Crippen MR) is 169 cm³/mol. The van der Waals surface area contributed by atoms with Crippen LogP contribution >= 0.6 is 0 Å². The molecule has 17 heteroatoms. The molecule has 0 unspecified atom stereocenters. The lowest BCUT2D eigenvalue weighted by Gasteiger charge is -2.30. The summed E-state index contributed by atoms with van der Waals surface area (Å²) < 4.78 is 42.7. The van der Waals surface area contributed by atoms with Gasteiger partial charge in [0.25, 0.3) is 0 Å². The Morgan fingerprint density at radius 1 is 0.917 bits per heavy atom. The third-order valence-corrected chi connectivity index (χ3v) is 7.51. The molecule has 0 aromatic heterocycles. The molecule has 1 aliphatic rings. The molecule has 48 heavy (non-hydrogen) atoms. The Morgan fingerprint density at radius 2 is 1.50 bits per heavy atom. The molecule has 4 amide bonds. The number of ether oxygens (including phenoxy) is 3. The van der Waals surface area contributed by atoms with E-state index in [1.54, 1.807) is 55.4 Å². The van der Waals surface area contributed by atoms with Crippen LogP contribution in [0.15, 0.2) is 0 Å². The minimum absolute atomic E-state index is 0.106. The molecule has 0 heterocycles. The maximum atomic E-state index is 13.4. The first-order valence-electron chi connectivity index (χ1n) is 15.9. The molecule has 276 valence electrons. The SMILES string of the molecule is CC[C@H](C)[C@H](NC(=O)[C@@]1(NC(=O)[C@H](C)N)C[C@H]1CC(F)F)C(=O)O[C@@H](C)[C@@H](NC(=O)[C@H](COC(C)(C)C)NC(=O)OC(C)(C)C)C(=O)O. The van der Waals surface area contributed by atoms with Gasteiger partial charge in [-0.05, 0) is 73.6 Å². The first-order chi connectivity index (χ1) is 21.8. The van der Waals surface area contributed by atoms with Gasteiger partial charge < -0.3 is 46.3 Å². The van der Waals surface area contributed by atoms with E-state index in [4.69, 9.17) is 19.9 Å². The lowest BCUT2D eigenvalue weighted by Crippen LogP contribution is -2.59. The molecule has 0 aromatic rings. The Morgan fingerprint density at radius 3 is 1.96 bits per heavy atom. The second-order valence-electron chi connectivity index (χ2n) is 14.2. The van der Waals surface area contributed by atoms with E-state index in [1.807, 2.05) is 0 Å². The summed E-state index contributed by atoms with van der Waals surface area (Å²) in [6.45, 7) is 15.5. The Labute approximate surface area is 280 Å². The van der Waals surface area contributed by atoms with Gasteiger partial charge >= 0.3 is 18.0 Å². The van der Waals surface area contributed by atoms with Gasteiger partial charge in [-0.2, -0.15) is 0 Å². The van der Waals surface area contributed by atoms with Crippen molar-refractivity contribution in [1.82, 2.24) is 21.3 Å². The summed E-state index contributed by atoms with van der Waals surface area (Å²) in [6.07, 6.45) is -5.67. The van der Waals surface area contributed by atoms with Gasteiger partial charge in [-0.1, -0.05) is 20.3 Å². The maximum Gasteiger partial charge on any atom is 0.408 e. The molecule has 15 nitrogen and oxygen atoms in total. The zero-order chi connectivity index (χ0) is 37.4. The molecule has 1 fully saturated rings. The number of carbonyl (C=O) groups excluding carboxylic acids is 5. The van der Waals surface area contributed by atoms with Crippen LogP contribution in [0.3, 0.4) is 0 Å². The van der Waals surface area contributed by atoms with Crippen molar-refractivity contribution in [1.29, 1.82) is 0 Å². The van der Waals surface area contributed by atoms with E-state index in [0.29, 0.717) is 6.42 Å². The number of hydrogen-bond donors (Lipinski definition) is 6. The van der Waals surface area contributed by atoms with E-state index in [9.17, 15) is 42.7 Å². The zero-order valence-corrected chi connectivity index (χ0v) is 29.4. The molecule has 8 atom stereocenters. The van der Waals surface area contributed by atoms with Crippen LogP contribution in [-0.4, -0.2) is 101 Å². The van der Waals surface area contributed by atoms with Gasteiger partial charge in [-0.15, -0.1) is 0 Å². The van der Waals surface area contributed by atoms with Gasteiger partial charge in [-0.3, -0.25) is 14.4 Å². The molecule has 1 rings (SSSR count). The molecule has 7 N–H and O–H groups in total. The van der Waals surface area contributed by atoms with Crippen LogP contribution in [0, 0.1) is 11.8 Å². The predicted octanol–water partition coefficient (Wildman–Crippen LogP) is 1.60. The summed E-state index contributed by atoms with van der Waals surface area (Å²) in [5.41, 5.74) is 2.25. The summed E-state index contributed by atoms with van der Waals surface area (Å²) >= 11 is 0. The van der Waals surface area contributed by atoms with Crippen LogP contribution in [0.25, 0.3) is 0 Å². The van der Waals surface area contributed by atoms with Gasteiger partial charge in [0.15, 0.2) is 6.04 Å². The average Bonchev–Trinajstić information content (AvgIpc) is 3.61. The fourth-order valence-electron chi connectivity index (χ4n) is 4.51. The summed E-state index contributed by atoms with van der Waals surface area (Å²) in [6, 6.07) is -5.64. The Bertz CT molecular complexity index is 1170. The van der Waals surface area contributed by atoms with Gasteiger partial charge in [0.1, 0.15) is 29.3 Å². The van der Waals surface area contributed by atoms with E-state index >= 15 is 0 Å². The molecule has 0 saturated heterocycles. The van der Waals surface area contributed by atoms with Crippen LogP contribution in [0.2, 0.25) is 0 Å². The van der Waals surface area contributed by atoms with Gasteiger partial charge in [-0.25, -0.2) is 23.2 Å². The summed E-state index contributed by atoms with van der Waals surface area (Å²) in [5.74, 6) is -6.75. The van der Waals surface area contributed by atoms with Crippen molar-refractivity contribution in [3.8, 4) is 0 Å². The van der Waals surface area contributed by atoms with E-state index in [0.717, 1.165) is 0 Å². The third kappa shape index (κ3) is 13.5. The van der Waals surface area contributed by atoms with Crippen molar-refractivity contribution in [2.75, 3.05) is 6.61 Å². The van der Waals surface area contributed by atoms with Crippen molar-refractivity contribution in [2.24, 2.45) is 17.6 Å². The summed E-state index contributed by atoms with van der Waals surface area (Å²) in [4.78, 5) is 77.1. The largest absolute Gasteiger partial charge is 0.480 e. The van der Waals surface area contributed by atoms with Crippen LogP contribution in [0.1, 0.15) is 88.5 Å². The smallest absolute Gasteiger partial charge is 0.408 e. The van der Waals surface area contributed by atoms with E-state index in [2.05, 4.69) is 21.3 Å². The van der Waals surface area contributed by atoms with Crippen LogP contribution in [0.5, 0.6) is 0 Å². The maximum absolute atomic E-state index is 13.4.